The third-order valence-electron chi connectivity index (χ3n) is 2.81. The Balaban J connectivity index is 2.56. The molecule has 138 valence electrons. The number of primary amides is 1. The normalized spacial score (nSPS) is 12.2. The van der Waals surface area contributed by atoms with E-state index in [0.717, 1.165) is 0 Å². The Morgan fingerprint density at radius 2 is 1.80 bits per heavy atom. The molecule has 0 bridgehead atoms. The maximum Gasteiger partial charge on any atom is 0.405 e. The lowest BCUT2D eigenvalue weighted by Gasteiger charge is -2.17. The molecule has 25 heavy (non-hydrogen) atoms. The smallest absolute Gasteiger partial charge is 0.405 e. The molecular weight excluding hydrogens is 367 g/mol. The molecule has 0 saturated carbocycles. The van der Waals surface area contributed by atoms with E-state index in [2.05, 4.69) is 10.1 Å². The van der Waals surface area contributed by atoms with Crippen molar-refractivity contribution in [1.29, 1.82) is 0 Å². The first-order valence-electron chi connectivity index (χ1n) is 6.87. The molecule has 11 heteroatoms. The van der Waals surface area contributed by atoms with Gasteiger partial charge < -0.3 is 21.1 Å². The highest BCUT2D eigenvalue weighted by atomic mass is 35.5. The molecule has 1 atom stereocenters. The number of urea groups is 1. The molecule has 3 amide bonds. The zero-order valence-corrected chi connectivity index (χ0v) is 13.5. The number of nitrogens with one attached hydrogen (secondary N) is 2. The first-order valence-corrected chi connectivity index (χ1v) is 7.25. The molecule has 0 aliphatic rings. The summed E-state index contributed by atoms with van der Waals surface area (Å²) in [5.74, 6) is -2.01. The maximum absolute atomic E-state index is 11.9. The first-order chi connectivity index (χ1) is 11.6. The van der Waals surface area contributed by atoms with Crippen molar-refractivity contribution < 1.29 is 32.3 Å². The van der Waals surface area contributed by atoms with Crippen LogP contribution in [0.15, 0.2) is 24.3 Å². The summed E-state index contributed by atoms with van der Waals surface area (Å²) in [5.41, 5.74) is 5.54. The molecule has 4 N–H and O–H groups in total. The molecule has 1 aromatic rings. The zero-order chi connectivity index (χ0) is 19.0. The Kier molecular flexibility index (Phi) is 7.49. The third-order valence-corrected chi connectivity index (χ3v) is 3.06. The van der Waals surface area contributed by atoms with E-state index < -0.39 is 43.3 Å². The van der Waals surface area contributed by atoms with Crippen molar-refractivity contribution in [2.75, 3.05) is 13.2 Å². The van der Waals surface area contributed by atoms with E-state index in [1.54, 1.807) is 17.4 Å². The van der Waals surface area contributed by atoms with Crippen molar-refractivity contribution in [2.45, 2.75) is 18.6 Å². The van der Waals surface area contributed by atoms with E-state index in [0.29, 0.717) is 10.6 Å². The lowest BCUT2D eigenvalue weighted by molar-refractivity contribution is -0.151. The van der Waals surface area contributed by atoms with Gasteiger partial charge in [-0.2, -0.15) is 13.2 Å². The summed E-state index contributed by atoms with van der Waals surface area (Å²) >= 11 is 5.75. The third kappa shape index (κ3) is 8.80. The number of carbonyl (C=O) groups excluding carboxylic acids is 3. The summed E-state index contributed by atoms with van der Waals surface area (Å²) in [5, 5.41) is 4.32. The molecular formula is C14H15ClF3N3O4. The van der Waals surface area contributed by atoms with Crippen LogP contribution >= 0.6 is 11.6 Å². The van der Waals surface area contributed by atoms with Gasteiger partial charge in [0.1, 0.15) is 6.54 Å². The Labute approximate surface area is 145 Å². The van der Waals surface area contributed by atoms with E-state index in [-0.39, 0.29) is 6.42 Å². The highest BCUT2D eigenvalue weighted by Crippen LogP contribution is 2.20. The van der Waals surface area contributed by atoms with Crippen LogP contribution in [0.1, 0.15) is 18.0 Å². The summed E-state index contributed by atoms with van der Waals surface area (Å²) in [6, 6.07) is 4.42. The van der Waals surface area contributed by atoms with Crippen LogP contribution in [0, 0.1) is 0 Å². The highest BCUT2D eigenvalue weighted by Gasteiger charge is 2.28. The number of halogens is 4. The van der Waals surface area contributed by atoms with Gasteiger partial charge in [0.05, 0.1) is 12.5 Å². The predicted molar refractivity (Wildman–Crippen MR) is 81.6 cm³/mol. The molecule has 0 aliphatic heterocycles. The minimum absolute atomic E-state index is 0.378. The van der Waals surface area contributed by atoms with Crippen molar-refractivity contribution in [1.82, 2.24) is 10.6 Å². The van der Waals surface area contributed by atoms with Gasteiger partial charge >= 0.3 is 18.2 Å². The number of carbonyl (C=O) groups is 3. The fourth-order valence-electron chi connectivity index (χ4n) is 1.74. The zero-order valence-electron chi connectivity index (χ0n) is 12.7. The van der Waals surface area contributed by atoms with Crippen LogP contribution in [-0.4, -0.2) is 37.2 Å². The summed E-state index contributed by atoms with van der Waals surface area (Å²) in [7, 11) is 0. The average molecular weight is 382 g/mol. The molecule has 0 fully saturated rings. The van der Waals surface area contributed by atoms with Crippen molar-refractivity contribution in [2.24, 2.45) is 5.73 Å². The largest absolute Gasteiger partial charge is 0.456 e. The number of hydrogen-bond acceptors (Lipinski definition) is 4. The number of ether oxygens (including phenoxy) is 1. The van der Waals surface area contributed by atoms with Gasteiger partial charge in [-0.15, -0.1) is 0 Å². The SMILES string of the molecule is NC(=O)N[C@H](CC(=O)OCC(=O)NCC(F)(F)F)c1ccc(Cl)cc1. The molecule has 0 spiro atoms. The van der Waals surface area contributed by atoms with Crippen LogP contribution in [-0.2, 0) is 14.3 Å². The first kappa shape index (κ1) is 20.6. The Bertz CT molecular complexity index is 623. The van der Waals surface area contributed by atoms with E-state index in [1.165, 1.54) is 12.1 Å². The average Bonchev–Trinajstić information content (AvgIpc) is 2.50. The number of rotatable bonds is 7. The van der Waals surface area contributed by atoms with Gasteiger partial charge in [0.2, 0.25) is 0 Å². The second-order valence-electron chi connectivity index (χ2n) is 4.87. The van der Waals surface area contributed by atoms with E-state index in [9.17, 15) is 27.6 Å². The molecule has 7 nitrogen and oxygen atoms in total. The minimum Gasteiger partial charge on any atom is -0.456 e. The number of esters is 1. The van der Waals surface area contributed by atoms with Crippen molar-refractivity contribution in [3.8, 4) is 0 Å². The molecule has 0 saturated heterocycles. The molecule has 1 rings (SSSR count). The van der Waals surface area contributed by atoms with Crippen LogP contribution in [0.4, 0.5) is 18.0 Å². The quantitative estimate of drug-likeness (QED) is 0.624. The van der Waals surface area contributed by atoms with Gasteiger partial charge in [-0.1, -0.05) is 23.7 Å². The maximum atomic E-state index is 11.9. The van der Waals surface area contributed by atoms with Crippen LogP contribution in [0.2, 0.25) is 5.02 Å². The summed E-state index contributed by atoms with van der Waals surface area (Å²) in [4.78, 5) is 33.9. The number of alkyl halides is 3. The fraction of sp³-hybridized carbons (Fsp3) is 0.357. The van der Waals surface area contributed by atoms with Gasteiger partial charge in [0.15, 0.2) is 6.61 Å². The second kappa shape index (κ2) is 9.11. The van der Waals surface area contributed by atoms with Gasteiger partial charge in [-0.3, -0.25) is 9.59 Å². The molecule has 0 aliphatic carbocycles. The highest BCUT2D eigenvalue weighted by molar-refractivity contribution is 6.30. The molecule has 0 radical (unpaired) electrons. The molecule has 0 heterocycles. The number of hydrogen-bond donors (Lipinski definition) is 3. The number of nitrogens with two attached hydrogens (primary N) is 1. The fourth-order valence-corrected chi connectivity index (χ4v) is 1.87. The molecule has 1 aromatic carbocycles. The van der Waals surface area contributed by atoms with Gasteiger partial charge in [0, 0.05) is 5.02 Å². The molecule has 0 unspecified atom stereocenters. The van der Waals surface area contributed by atoms with E-state index >= 15 is 0 Å². The summed E-state index contributed by atoms with van der Waals surface area (Å²) in [6.07, 6.45) is -4.94. The van der Waals surface area contributed by atoms with E-state index in [4.69, 9.17) is 17.3 Å². The number of amides is 3. The Hall–Kier alpha value is -2.49. The summed E-state index contributed by atoms with van der Waals surface area (Å²) in [6.45, 7) is -2.40. The standard InChI is InChI=1S/C14H15ClF3N3O4/c15-9-3-1-8(2-4-9)10(21-13(19)24)5-12(23)25-6-11(22)20-7-14(16,17)18/h1-4,10H,5-7H2,(H,20,22)(H3,19,21,24)/t10-/m1/s1. The van der Waals surface area contributed by atoms with Crippen LogP contribution in [0.5, 0.6) is 0 Å². The molecule has 0 aromatic heterocycles. The lowest BCUT2D eigenvalue weighted by atomic mass is 10.0. The lowest BCUT2D eigenvalue weighted by Crippen LogP contribution is -2.37. The van der Waals surface area contributed by atoms with E-state index in [1.807, 2.05) is 0 Å². The predicted octanol–water partition coefficient (Wildman–Crippen LogP) is 1.66. The topological polar surface area (TPSA) is 111 Å². The van der Waals surface area contributed by atoms with Crippen LogP contribution < -0.4 is 16.4 Å². The number of benzene rings is 1. The Morgan fingerprint density at radius 3 is 2.32 bits per heavy atom. The van der Waals surface area contributed by atoms with Crippen molar-refractivity contribution in [3.63, 3.8) is 0 Å². The monoisotopic (exact) mass is 381 g/mol. The Morgan fingerprint density at radius 1 is 1.20 bits per heavy atom. The summed E-state index contributed by atoms with van der Waals surface area (Å²) < 4.78 is 40.4. The van der Waals surface area contributed by atoms with Gasteiger partial charge in [-0.05, 0) is 17.7 Å². The minimum atomic E-state index is -4.56. The van der Waals surface area contributed by atoms with Crippen LogP contribution in [0.25, 0.3) is 0 Å². The van der Waals surface area contributed by atoms with Gasteiger partial charge in [-0.25, -0.2) is 4.79 Å². The van der Waals surface area contributed by atoms with Crippen LogP contribution in [0.3, 0.4) is 0 Å². The van der Waals surface area contributed by atoms with Crippen molar-refractivity contribution in [3.05, 3.63) is 34.9 Å². The second-order valence-corrected chi connectivity index (χ2v) is 5.31. The van der Waals surface area contributed by atoms with Gasteiger partial charge in [0.25, 0.3) is 5.91 Å². The van der Waals surface area contributed by atoms with Crippen molar-refractivity contribution >= 4 is 29.5 Å².